The fourth-order valence-corrected chi connectivity index (χ4v) is 10.4. The third kappa shape index (κ3) is 55.0. The minimum absolute atomic E-state index is 0.0150. The average molecular weight is 1010 g/mol. The second-order valence-corrected chi connectivity index (χ2v) is 24.2. The lowest BCUT2D eigenvalue weighted by atomic mass is 10.0. The number of carbonyl (C=O) groups excluding carboxylic acids is 1. The normalized spacial score (nSPS) is 13.9. The number of allylic oxidation sites excluding steroid dienone is 2. The van der Waals surface area contributed by atoms with E-state index in [0.29, 0.717) is 23.9 Å². The third-order valence-electron chi connectivity index (χ3n) is 14.5. The quantitative estimate of drug-likeness (QED) is 0.0272. The molecule has 0 aromatic rings. The lowest BCUT2D eigenvalue weighted by Gasteiger charge is -2.30. The number of phosphoric ester groups is 1. The van der Waals surface area contributed by atoms with E-state index in [1.54, 1.807) is 0 Å². The number of hydrogen-bond acceptors (Lipinski definition) is 6. The van der Waals surface area contributed by atoms with Crippen molar-refractivity contribution < 1.29 is 32.9 Å². The SMILES string of the molecule is CCCCCCCCCC/C=C\CCCCCCCCCCCCCCCCCCCCCCCCCCCCCCCC(=O)NC(COP(=O)([O-])OCC[N+](C)(C)C)C(O)CCCCCCCCC. The minimum Gasteiger partial charge on any atom is -0.756 e. The van der Waals surface area contributed by atoms with Crippen LogP contribution in [0.2, 0.25) is 0 Å². The second-order valence-electron chi connectivity index (χ2n) is 22.8. The maximum absolute atomic E-state index is 12.9. The van der Waals surface area contributed by atoms with Gasteiger partial charge in [-0.2, -0.15) is 0 Å². The zero-order valence-electron chi connectivity index (χ0n) is 47.8. The van der Waals surface area contributed by atoms with Gasteiger partial charge in [-0.25, -0.2) is 0 Å². The number of nitrogens with zero attached hydrogens (tertiary/aromatic N) is 1. The molecule has 70 heavy (non-hydrogen) atoms. The first-order chi connectivity index (χ1) is 34.0. The largest absolute Gasteiger partial charge is 0.756 e. The van der Waals surface area contributed by atoms with Crippen molar-refractivity contribution in [3.05, 3.63) is 12.2 Å². The molecular weight excluding hydrogens is 888 g/mol. The molecule has 0 aliphatic heterocycles. The molecule has 9 heteroatoms. The van der Waals surface area contributed by atoms with Crippen LogP contribution in [-0.4, -0.2) is 68.5 Å². The highest BCUT2D eigenvalue weighted by molar-refractivity contribution is 7.45. The maximum Gasteiger partial charge on any atom is 0.268 e. The predicted octanol–water partition coefficient (Wildman–Crippen LogP) is 18.4. The molecule has 3 atom stereocenters. The van der Waals surface area contributed by atoms with Crippen molar-refractivity contribution >= 4 is 13.7 Å². The molecule has 0 fully saturated rings. The zero-order chi connectivity index (χ0) is 51.3. The molecule has 0 saturated carbocycles. The molecule has 0 radical (unpaired) electrons. The summed E-state index contributed by atoms with van der Waals surface area (Å²) in [5.41, 5.74) is 0. The summed E-state index contributed by atoms with van der Waals surface area (Å²) in [6.07, 6.45) is 66.2. The molecule has 0 bridgehead atoms. The van der Waals surface area contributed by atoms with Gasteiger partial charge in [-0.15, -0.1) is 0 Å². The molecule has 8 nitrogen and oxygen atoms in total. The van der Waals surface area contributed by atoms with Crippen LogP contribution in [0.25, 0.3) is 0 Å². The van der Waals surface area contributed by atoms with Gasteiger partial charge in [0.05, 0.1) is 39.9 Å². The van der Waals surface area contributed by atoms with Gasteiger partial charge in [-0.1, -0.05) is 289 Å². The molecule has 2 N–H and O–H groups in total. The summed E-state index contributed by atoms with van der Waals surface area (Å²) in [6, 6.07) is -0.793. The van der Waals surface area contributed by atoms with Crippen LogP contribution in [0.4, 0.5) is 0 Å². The van der Waals surface area contributed by atoms with Crippen LogP contribution in [0.1, 0.15) is 322 Å². The van der Waals surface area contributed by atoms with Crippen LogP contribution >= 0.6 is 7.82 Å². The molecule has 0 aromatic heterocycles. The van der Waals surface area contributed by atoms with Crippen molar-refractivity contribution in [1.82, 2.24) is 5.32 Å². The molecule has 1 amide bonds. The number of quaternary nitrogens is 1. The number of nitrogens with one attached hydrogen (secondary N) is 1. The number of unbranched alkanes of at least 4 members (excludes halogenated alkanes) is 43. The molecule has 0 heterocycles. The molecule has 0 spiro atoms. The number of amides is 1. The zero-order valence-corrected chi connectivity index (χ0v) is 48.6. The van der Waals surface area contributed by atoms with Crippen LogP contribution in [0.15, 0.2) is 12.2 Å². The molecular formula is C61H123N2O6P. The van der Waals surface area contributed by atoms with Gasteiger partial charge in [0.25, 0.3) is 7.82 Å². The van der Waals surface area contributed by atoms with Crippen LogP contribution in [0.5, 0.6) is 0 Å². The highest BCUT2D eigenvalue weighted by atomic mass is 31.2. The Kier molecular flexibility index (Phi) is 52.5. The summed E-state index contributed by atoms with van der Waals surface area (Å²) in [4.78, 5) is 25.3. The van der Waals surface area contributed by atoms with Crippen molar-refractivity contribution in [2.45, 2.75) is 334 Å². The molecule has 418 valence electrons. The van der Waals surface area contributed by atoms with E-state index in [2.05, 4.69) is 31.3 Å². The van der Waals surface area contributed by atoms with E-state index >= 15 is 0 Å². The van der Waals surface area contributed by atoms with E-state index in [4.69, 9.17) is 9.05 Å². The van der Waals surface area contributed by atoms with Crippen molar-refractivity contribution in [3.63, 3.8) is 0 Å². The van der Waals surface area contributed by atoms with Gasteiger partial charge < -0.3 is 28.8 Å². The van der Waals surface area contributed by atoms with Crippen LogP contribution in [0, 0.1) is 0 Å². The van der Waals surface area contributed by atoms with Gasteiger partial charge in [0.2, 0.25) is 5.91 Å². The smallest absolute Gasteiger partial charge is 0.268 e. The first kappa shape index (κ1) is 69.2. The standard InChI is InChI=1S/C61H123N2O6P/c1-6-8-10-12-14-15-16-17-18-19-20-21-22-23-24-25-26-27-28-29-30-31-32-33-34-35-36-37-38-39-40-41-42-43-44-45-46-47-49-51-53-55-61(65)62-59(60(64)54-52-50-48-13-11-9-7-2)58-69-70(66,67)68-57-56-63(3,4)5/h19-20,59-60,64H,6-18,21-58H2,1-5H3,(H-,62,65,66,67)/b20-19-. The van der Waals surface area contributed by atoms with Crippen LogP contribution in [0.3, 0.4) is 0 Å². The van der Waals surface area contributed by atoms with Crippen LogP contribution in [-0.2, 0) is 18.4 Å². The van der Waals surface area contributed by atoms with E-state index in [0.717, 1.165) is 38.5 Å². The minimum atomic E-state index is -4.55. The number of likely N-dealkylation sites (N-methyl/N-ethyl adjacent to an activating group) is 1. The second kappa shape index (κ2) is 53.1. The van der Waals surface area contributed by atoms with E-state index < -0.39 is 20.0 Å². The van der Waals surface area contributed by atoms with Crippen molar-refractivity contribution in [2.24, 2.45) is 0 Å². The van der Waals surface area contributed by atoms with Crippen molar-refractivity contribution in [1.29, 1.82) is 0 Å². The Labute approximate surface area is 437 Å². The van der Waals surface area contributed by atoms with Gasteiger partial charge in [-0.05, 0) is 38.5 Å². The highest BCUT2D eigenvalue weighted by Gasteiger charge is 2.24. The summed E-state index contributed by atoms with van der Waals surface area (Å²) < 4.78 is 23.2. The Morgan fingerprint density at radius 2 is 0.786 bits per heavy atom. The van der Waals surface area contributed by atoms with Crippen LogP contribution < -0.4 is 10.2 Å². The Hall–Kier alpha value is -0.760. The first-order valence-corrected chi connectivity index (χ1v) is 32.5. The van der Waals surface area contributed by atoms with Gasteiger partial charge in [0, 0.05) is 6.42 Å². The van der Waals surface area contributed by atoms with Gasteiger partial charge >= 0.3 is 0 Å². The predicted molar refractivity (Wildman–Crippen MR) is 302 cm³/mol. The Balaban J connectivity index is 3.65. The molecule has 0 saturated heterocycles. The van der Waals surface area contributed by atoms with Gasteiger partial charge in [0.1, 0.15) is 13.2 Å². The van der Waals surface area contributed by atoms with Gasteiger partial charge in [0.15, 0.2) is 0 Å². The molecule has 0 aliphatic rings. The highest BCUT2D eigenvalue weighted by Crippen LogP contribution is 2.38. The lowest BCUT2D eigenvalue weighted by Crippen LogP contribution is -2.46. The molecule has 0 rings (SSSR count). The van der Waals surface area contributed by atoms with Crippen molar-refractivity contribution in [2.75, 3.05) is 40.9 Å². The molecule has 0 aromatic carbocycles. The number of carbonyl (C=O) groups is 1. The summed E-state index contributed by atoms with van der Waals surface area (Å²) in [7, 11) is 1.32. The topological polar surface area (TPSA) is 108 Å². The number of rotatable bonds is 58. The van der Waals surface area contributed by atoms with E-state index in [9.17, 15) is 19.4 Å². The Bertz CT molecular complexity index is 1150. The number of aliphatic hydroxyl groups is 1. The maximum atomic E-state index is 12.9. The lowest BCUT2D eigenvalue weighted by molar-refractivity contribution is -0.870. The Morgan fingerprint density at radius 3 is 1.11 bits per heavy atom. The molecule has 0 aliphatic carbocycles. The van der Waals surface area contributed by atoms with E-state index in [1.807, 2.05) is 21.1 Å². The summed E-state index contributed by atoms with van der Waals surface area (Å²) in [6.45, 7) is 4.70. The summed E-state index contributed by atoms with van der Waals surface area (Å²) in [5, 5.41) is 13.8. The monoisotopic (exact) mass is 1010 g/mol. The third-order valence-corrected chi connectivity index (χ3v) is 15.5. The van der Waals surface area contributed by atoms with E-state index in [1.165, 1.54) is 257 Å². The first-order valence-electron chi connectivity index (χ1n) is 31.0. The fourth-order valence-electron chi connectivity index (χ4n) is 9.63. The average Bonchev–Trinajstić information content (AvgIpc) is 3.32. The number of hydrogen-bond donors (Lipinski definition) is 2. The van der Waals surface area contributed by atoms with E-state index in [-0.39, 0.29) is 19.1 Å². The van der Waals surface area contributed by atoms with Gasteiger partial charge in [-0.3, -0.25) is 9.36 Å². The number of aliphatic hydroxyl groups excluding tert-OH is 1. The Morgan fingerprint density at radius 1 is 0.486 bits per heavy atom. The number of phosphoric acid groups is 1. The summed E-state index contributed by atoms with van der Waals surface area (Å²) in [5.74, 6) is -0.162. The summed E-state index contributed by atoms with van der Waals surface area (Å²) >= 11 is 0. The van der Waals surface area contributed by atoms with Crippen molar-refractivity contribution in [3.8, 4) is 0 Å². The molecule has 3 unspecified atom stereocenters. The fraction of sp³-hybridized carbons (Fsp3) is 0.951.